The molecule has 2 rings (SSSR count). The first-order valence-electron chi connectivity index (χ1n) is 6.18. The predicted molar refractivity (Wildman–Crippen MR) is 79.5 cm³/mol. The molecular formula is C13H16ClN3O2S. The molecule has 0 aliphatic carbocycles. The highest BCUT2D eigenvalue weighted by molar-refractivity contribution is 7.92. The van der Waals surface area contributed by atoms with Crippen molar-refractivity contribution in [3.05, 3.63) is 41.6 Å². The topological polar surface area (TPSA) is 66.1 Å². The van der Waals surface area contributed by atoms with Crippen molar-refractivity contribution in [3.8, 4) is 0 Å². The van der Waals surface area contributed by atoms with Crippen LogP contribution < -0.4 is 4.31 Å². The van der Waals surface area contributed by atoms with Gasteiger partial charge in [-0.15, -0.1) is 11.6 Å². The van der Waals surface area contributed by atoms with Crippen LogP contribution in [0.15, 0.2) is 35.5 Å². The van der Waals surface area contributed by atoms with E-state index in [-0.39, 0.29) is 10.9 Å². The summed E-state index contributed by atoms with van der Waals surface area (Å²) in [5.41, 5.74) is 2.16. The molecule has 0 bridgehead atoms. The van der Waals surface area contributed by atoms with Crippen molar-refractivity contribution >= 4 is 27.3 Å². The van der Waals surface area contributed by atoms with E-state index in [1.165, 1.54) is 10.5 Å². The average Bonchev–Trinajstić information content (AvgIpc) is 2.90. The van der Waals surface area contributed by atoms with Crippen molar-refractivity contribution < 1.29 is 8.42 Å². The largest absolute Gasteiger partial charge is 0.281 e. The van der Waals surface area contributed by atoms with Crippen LogP contribution in [0.4, 0.5) is 5.69 Å². The standard InChI is InChI=1S/C13H16ClN3O2S/c1-3-17(12-6-4-10(2)5-7-12)20(18,19)13-11(8-14)9-15-16-13/h4-7,9H,3,8H2,1-2H3,(H,15,16). The quantitative estimate of drug-likeness (QED) is 0.863. The predicted octanol–water partition coefficient (Wildman–Crippen LogP) is 2.67. The number of alkyl halides is 1. The van der Waals surface area contributed by atoms with Gasteiger partial charge in [0.05, 0.1) is 17.8 Å². The summed E-state index contributed by atoms with van der Waals surface area (Å²) in [4.78, 5) is 0. The monoisotopic (exact) mass is 313 g/mol. The van der Waals surface area contributed by atoms with Gasteiger partial charge in [0.25, 0.3) is 10.0 Å². The number of aryl methyl sites for hydroxylation is 1. The Hall–Kier alpha value is -1.53. The van der Waals surface area contributed by atoms with Crippen molar-refractivity contribution in [3.63, 3.8) is 0 Å². The summed E-state index contributed by atoms with van der Waals surface area (Å²) in [6, 6.07) is 7.33. The number of aromatic amines is 1. The Morgan fingerprint density at radius 1 is 1.30 bits per heavy atom. The van der Waals surface area contributed by atoms with E-state index in [9.17, 15) is 8.42 Å². The zero-order valence-electron chi connectivity index (χ0n) is 11.3. The number of nitrogens with one attached hydrogen (secondary N) is 1. The highest BCUT2D eigenvalue weighted by atomic mass is 35.5. The summed E-state index contributed by atoms with van der Waals surface area (Å²) >= 11 is 5.75. The second-order valence-electron chi connectivity index (χ2n) is 4.36. The lowest BCUT2D eigenvalue weighted by atomic mass is 10.2. The molecule has 0 radical (unpaired) electrons. The zero-order valence-corrected chi connectivity index (χ0v) is 12.9. The van der Waals surface area contributed by atoms with Gasteiger partial charge in [-0.05, 0) is 26.0 Å². The Morgan fingerprint density at radius 3 is 2.50 bits per heavy atom. The molecule has 1 heterocycles. The fourth-order valence-electron chi connectivity index (χ4n) is 1.93. The lowest BCUT2D eigenvalue weighted by Gasteiger charge is -2.22. The van der Waals surface area contributed by atoms with Crippen LogP contribution in [-0.4, -0.2) is 25.2 Å². The Labute approximate surface area is 123 Å². The molecule has 0 aliphatic heterocycles. The molecule has 20 heavy (non-hydrogen) atoms. The SMILES string of the molecule is CCN(c1ccc(C)cc1)S(=O)(=O)c1[nH]ncc1CCl. The third-order valence-corrected chi connectivity index (χ3v) is 5.19. The number of H-pyrrole nitrogens is 1. The molecule has 0 aliphatic rings. The van der Waals surface area contributed by atoms with E-state index in [0.717, 1.165) is 5.56 Å². The van der Waals surface area contributed by atoms with E-state index >= 15 is 0 Å². The van der Waals surface area contributed by atoms with Crippen LogP contribution >= 0.6 is 11.6 Å². The van der Waals surface area contributed by atoms with Gasteiger partial charge >= 0.3 is 0 Å². The van der Waals surface area contributed by atoms with Crippen molar-refractivity contribution in [2.45, 2.75) is 24.8 Å². The first-order chi connectivity index (χ1) is 9.50. The third-order valence-electron chi connectivity index (χ3n) is 2.98. The first-order valence-corrected chi connectivity index (χ1v) is 8.15. The molecule has 7 heteroatoms. The van der Waals surface area contributed by atoms with Crippen LogP contribution in [0.25, 0.3) is 0 Å². The molecule has 0 fully saturated rings. The number of hydrogen-bond acceptors (Lipinski definition) is 3. The summed E-state index contributed by atoms with van der Waals surface area (Å²) < 4.78 is 26.7. The molecule has 1 aromatic heterocycles. The van der Waals surface area contributed by atoms with Crippen molar-refractivity contribution in [1.29, 1.82) is 0 Å². The number of hydrogen-bond donors (Lipinski definition) is 1. The molecule has 0 spiro atoms. The Morgan fingerprint density at radius 2 is 1.95 bits per heavy atom. The molecule has 108 valence electrons. The van der Waals surface area contributed by atoms with Crippen LogP contribution in [0, 0.1) is 6.92 Å². The Balaban J connectivity index is 2.48. The summed E-state index contributed by atoms with van der Waals surface area (Å²) in [7, 11) is -3.69. The molecule has 0 saturated carbocycles. The van der Waals surface area contributed by atoms with E-state index < -0.39 is 10.0 Å². The second-order valence-corrected chi connectivity index (χ2v) is 6.43. The van der Waals surface area contributed by atoms with Gasteiger partial charge in [-0.1, -0.05) is 17.7 Å². The highest BCUT2D eigenvalue weighted by Crippen LogP contribution is 2.25. The number of anilines is 1. The highest BCUT2D eigenvalue weighted by Gasteiger charge is 2.27. The van der Waals surface area contributed by atoms with Crippen molar-refractivity contribution in [2.75, 3.05) is 10.8 Å². The van der Waals surface area contributed by atoms with Gasteiger partial charge in [0.1, 0.15) is 0 Å². The second kappa shape index (κ2) is 5.85. The average molecular weight is 314 g/mol. The van der Waals surface area contributed by atoms with Crippen LogP contribution in [0.1, 0.15) is 18.1 Å². The van der Waals surface area contributed by atoms with E-state index in [1.807, 2.05) is 19.1 Å². The maximum Gasteiger partial charge on any atom is 0.281 e. The van der Waals surface area contributed by atoms with Gasteiger partial charge in [0, 0.05) is 12.1 Å². The van der Waals surface area contributed by atoms with E-state index in [0.29, 0.717) is 17.8 Å². The molecule has 5 nitrogen and oxygen atoms in total. The summed E-state index contributed by atoms with van der Waals surface area (Å²) in [6.07, 6.45) is 1.43. The Bertz CT molecular complexity index is 680. The number of sulfonamides is 1. The fourth-order valence-corrected chi connectivity index (χ4v) is 3.80. The van der Waals surface area contributed by atoms with Gasteiger partial charge in [-0.3, -0.25) is 9.40 Å². The minimum Gasteiger partial charge on any atom is -0.266 e. The fraction of sp³-hybridized carbons (Fsp3) is 0.308. The molecule has 1 N–H and O–H groups in total. The third kappa shape index (κ3) is 2.66. The van der Waals surface area contributed by atoms with Crippen molar-refractivity contribution in [2.24, 2.45) is 0 Å². The minimum atomic E-state index is -3.69. The van der Waals surface area contributed by atoms with Gasteiger partial charge in [0.15, 0.2) is 5.03 Å². The first kappa shape index (κ1) is 14.9. The van der Waals surface area contributed by atoms with E-state index in [1.54, 1.807) is 19.1 Å². The normalized spacial score (nSPS) is 11.6. The zero-order chi connectivity index (χ0) is 14.8. The van der Waals surface area contributed by atoms with Gasteiger partial charge in [0.2, 0.25) is 0 Å². The smallest absolute Gasteiger partial charge is 0.266 e. The molecule has 0 saturated heterocycles. The molecule has 0 unspecified atom stereocenters. The molecule has 2 aromatic rings. The van der Waals surface area contributed by atoms with Crippen LogP contribution in [0.5, 0.6) is 0 Å². The lowest BCUT2D eigenvalue weighted by molar-refractivity contribution is 0.587. The molecule has 0 atom stereocenters. The number of rotatable bonds is 5. The van der Waals surface area contributed by atoms with Crippen molar-refractivity contribution in [1.82, 2.24) is 10.2 Å². The number of halogens is 1. The summed E-state index contributed by atoms with van der Waals surface area (Å²) in [5.74, 6) is 0.0938. The van der Waals surface area contributed by atoms with Crippen LogP contribution in [0.3, 0.4) is 0 Å². The molecule has 0 amide bonds. The number of nitrogens with zero attached hydrogens (tertiary/aromatic N) is 2. The van der Waals surface area contributed by atoms with E-state index in [4.69, 9.17) is 11.6 Å². The van der Waals surface area contributed by atoms with Crippen LogP contribution in [-0.2, 0) is 15.9 Å². The molecular weight excluding hydrogens is 298 g/mol. The summed E-state index contributed by atoms with van der Waals surface area (Å²) in [6.45, 7) is 4.06. The maximum absolute atomic E-state index is 12.7. The summed E-state index contributed by atoms with van der Waals surface area (Å²) in [5, 5.41) is 6.35. The van der Waals surface area contributed by atoms with Gasteiger partial charge in [-0.25, -0.2) is 0 Å². The van der Waals surface area contributed by atoms with E-state index in [2.05, 4.69) is 10.2 Å². The number of benzene rings is 1. The van der Waals surface area contributed by atoms with Gasteiger partial charge < -0.3 is 0 Å². The Kier molecular flexibility index (Phi) is 4.35. The number of aromatic nitrogens is 2. The maximum atomic E-state index is 12.7. The van der Waals surface area contributed by atoms with Crippen LogP contribution in [0.2, 0.25) is 0 Å². The van der Waals surface area contributed by atoms with Gasteiger partial charge in [-0.2, -0.15) is 13.5 Å². The minimum absolute atomic E-state index is 0.0509. The lowest BCUT2D eigenvalue weighted by Crippen LogP contribution is -2.31. The molecule has 1 aromatic carbocycles.